The lowest BCUT2D eigenvalue weighted by Gasteiger charge is -2.21. The van der Waals surface area contributed by atoms with Crippen molar-refractivity contribution in [2.24, 2.45) is 10.1 Å². The molecule has 0 saturated carbocycles. The molecule has 0 unspecified atom stereocenters. The smallest absolute Gasteiger partial charge is 0.347 e. The van der Waals surface area contributed by atoms with E-state index < -0.39 is 10.2 Å². The lowest BCUT2D eigenvalue weighted by molar-refractivity contribution is 0.595. The van der Waals surface area contributed by atoms with Crippen LogP contribution in [0.3, 0.4) is 0 Å². The molecule has 0 spiro atoms. The number of nitrogens with zero attached hydrogens (tertiary/aromatic N) is 4. The standard InChI is InChI=1S/C6H7N5O2S/c1-11-6-4(2-8-3-9-6)5(7)10-14(11,12)13/h2-3H,1H3,(H2,7,10). The van der Waals surface area contributed by atoms with E-state index in [9.17, 15) is 8.42 Å². The van der Waals surface area contributed by atoms with Gasteiger partial charge in [0.25, 0.3) is 0 Å². The molecule has 0 aliphatic carbocycles. The van der Waals surface area contributed by atoms with Crippen molar-refractivity contribution in [1.82, 2.24) is 9.97 Å². The minimum Gasteiger partial charge on any atom is -0.382 e. The van der Waals surface area contributed by atoms with Crippen molar-refractivity contribution in [3.63, 3.8) is 0 Å². The summed E-state index contributed by atoms with van der Waals surface area (Å²) < 4.78 is 27.0. The molecule has 0 atom stereocenters. The minimum absolute atomic E-state index is 0.0845. The molecule has 14 heavy (non-hydrogen) atoms. The van der Waals surface area contributed by atoms with Gasteiger partial charge >= 0.3 is 10.2 Å². The molecule has 0 amide bonds. The Labute approximate surface area is 80.5 Å². The van der Waals surface area contributed by atoms with Crippen LogP contribution >= 0.6 is 0 Å². The average Bonchev–Trinajstić information content (AvgIpc) is 2.14. The number of amidine groups is 1. The van der Waals surface area contributed by atoms with Crippen molar-refractivity contribution in [1.29, 1.82) is 0 Å². The van der Waals surface area contributed by atoms with Crippen molar-refractivity contribution in [2.45, 2.75) is 0 Å². The highest BCUT2D eigenvalue weighted by Crippen LogP contribution is 2.22. The van der Waals surface area contributed by atoms with Gasteiger partial charge in [-0.3, -0.25) is 0 Å². The number of aromatic nitrogens is 2. The third kappa shape index (κ3) is 1.11. The van der Waals surface area contributed by atoms with Gasteiger partial charge < -0.3 is 5.73 Å². The van der Waals surface area contributed by atoms with Crippen LogP contribution in [0.4, 0.5) is 5.82 Å². The molecular formula is C6H7N5O2S. The van der Waals surface area contributed by atoms with E-state index in [0.29, 0.717) is 5.56 Å². The molecule has 1 aromatic rings. The van der Waals surface area contributed by atoms with Crippen LogP contribution < -0.4 is 10.0 Å². The molecule has 0 bridgehead atoms. The molecule has 2 N–H and O–H groups in total. The van der Waals surface area contributed by atoms with E-state index in [2.05, 4.69) is 14.4 Å². The summed E-state index contributed by atoms with van der Waals surface area (Å²) in [6, 6.07) is 0. The van der Waals surface area contributed by atoms with E-state index in [1.807, 2.05) is 0 Å². The maximum Gasteiger partial charge on any atom is 0.347 e. The van der Waals surface area contributed by atoms with Crippen LogP contribution in [0.1, 0.15) is 5.56 Å². The molecule has 2 heterocycles. The molecule has 7 nitrogen and oxygen atoms in total. The molecule has 8 heteroatoms. The first-order chi connectivity index (χ1) is 6.52. The quantitative estimate of drug-likeness (QED) is 0.588. The first-order valence-electron chi connectivity index (χ1n) is 3.67. The van der Waals surface area contributed by atoms with Gasteiger partial charge in [0, 0.05) is 13.2 Å². The number of hydrogen-bond donors (Lipinski definition) is 1. The summed E-state index contributed by atoms with van der Waals surface area (Å²) in [4.78, 5) is 7.56. The molecule has 0 aromatic carbocycles. The van der Waals surface area contributed by atoms with Gasteiger partial charge in [0.2, 0.25) is 0 Å². The predicted octanol–water partition coefficient (Wildman–Crippen LogP) is -1.12. The van der Waals surface area contributed by atoms with E-state index >= 15 is 0 Å². The maximum absolute atomic E-state index is 11.4. The minimum atomic E-state index is -3.72. The summed E-state index contributed by atoms with van der Waals surface area (Å²) in [5.74, 6) is 0.159. The summed E-state index contributed by atoms with van der Waals surface area (Å²) in [6.07, 6.45) is 2.68. The zero-order valence-corrected chi connectivity index (χ0v) is 8.06. The molecule has 0 saturated heterocycles. The molecule has 74 valence electrons. The van der Waals surface area contributed by atoms with Crippen molar-refractivity contribution < 1.29 is 8.42 Å². The van der Waals surface area contributed by atoms with Crippen LogP contribution in [-0.2, 0) is 10.2 Å². The number of anilines is 1. The lowest BCUT2D eigenvalue weighted by Crippen LogP contribution is -2.35. The van der Waals surface area contributed by atoms with Gasteiger partial charge in [-0.2, -0.15) is 8.42 Å². The average molecular weight is 213 g/mol. The van der Waals surface area contributed by atoms with Crippen molar-refractivity contribution in [3.05, 3.63) is 18.1 Å². The molecule has 1 aliphatic heterocycles. The van der Waals surface area contributed by atoms with E-state index in [1.165, 1.54) is 19.6 Å². The molecule has 0 fully saturated rings. The second kappa shape index (κ2) is 2.64. The van der Waals surface area contributed by atoms with Gasteiger partial charge in [0.15, 0.2) is 11.7 Å². The molecule has 1 aliphatic rings. The van der Waals surface area contributed by atoms with Gasteiger partial charge in [-0.25, -0.2) is 14.3 Å². The van der Waals surface area contributed by atoms with Crippen LogP contribution in [0.2, 0.25) is 0 Å². The van der Waals surface area contributed by atoms with Crippen LogP contribution in [0.5, 0.6) is 0 Å². The SMILES string of the molecule is CN1c2ncncc2C(N)=NS1(=O)=O. The Morgan fingerprint density at radius 1 is 1.50 bits per heavy atom. The van der Waals surface area contributed by atoms with Crippen LogP contribution in [-0.4, -0.2) is 31.3 Å². The fourth-order valence-corrected chi connectivity index (χ4v) is 1.93. The first kappa shape index (κ1) is 8.88. The molecule has 1 aromatic heterocycles. The zero-order chi connectivity index (χ0) is 10.3. The Morgan fingerprint density at radius 2 is 2.21 bits per heavy atom. The topological polar surface area (TPSA) is 102 Å². The fraction of sp³-hybridized carbons (Fsp3) is 0.167. The third-order valence-corrected chi connectivity index (χ3v) is 3.12. The molecular weight excluding hydrogens is 206 g/mol. The summed E-state index contributed by atoms with van der Waals surface area (Å²) in [7, 11) is -2.36. The van der Waals surface area contributed by atoms with Crippen molar-refractivity contribution >= 4 is 21.9 Å². The summed E-state index contributed by atoms with van der Waals surface area (Å²) in [5.41, 5.74) is 5.87. The Bertz CT molecular complexity index is 509. The predicted molar refractivity (Wildman–Crippen MR) is 50.1 cm³/mol. The van der Waals surface area contributed by atoms with Gasteiger partial charge in [-0.1, -0.05) is 0 Å². The zero-order valence-electron chi connectivity index (χ0n) is 7.25. The van der Waals surface area contributed by atoms with Gasteiger partial charge in [-0.05, 0) is 0 Å². The monoisotopic (exact) mass is 213 g/mol. The Morgan fingerprint density at radius 3 is 2.93 bits per heavy atom. The van der Waals surface area contributed by atoms with Gasteiger partial charge in [0.05, 0.1) is 5.56 Å². The van der Waals surface area contributed by atoms with Crippen LogP contribution in [0.25, 0.3) is 0 Å². The Hall–Kier alpha value is -1.70. The lowest BCUT2D eigenvalue weighted by atomic mass is 10.3. The molecule has 2 rings (SSSR count). The highest BCUT2D eigenvalue weighted by molar-refractivity contribution is 7.91. The van der Waals surface area contributed by atoms with Crippen LogP contribution in [0.15, 0.2) is 16.9 Å². The maximum atomic E-state index is 11.4. The summed E-state index contributed by atoms with van der Waals surface area (Å²) in [5, 5.41) is 0. The largest absolute Gasteiger partial charge is 0.382 e. The Kier molecular flexibility index (Phi) is 1.68. The van der Waals surface area contributed by atoms with E-state index in [-0.39, 0.29) is 11.7 Å². The summed E-state index contributed by atoms with van der Waals surface area (Å²) in [6.45, 7) is 0. The van der Waals surface area contributed by atoms with Crippen molar-refractivity contribution in [3.8, 4) is 0 Å². The van der Waals surface area contributed by atoms with Gasteiger partial charge in [-0.15, -0.1) is 4.40 Å². The first-order valence-corrected chi connectivity index (χ1v) is 5.07. The second-order valence-corrected chi connectivity index (χ2v) is 4.31. The third-order valence-electron chi connectivity index (χ3n) is 1.83. The summed E-state index contributed by atoms with van der Waals surface area (Å²) >= 11 is 0. The molecule has 0 radical (unpaired) electrons. The van der Waals surface area contributed by atoms with Gasteiger partial charge in [0.1, 0.15) is 6.33 Å². The normalized spacial score (nSPS) is 18.6. The van der Waals surface area contributed by atoms with Crippen molar-refractivity contribution in [2.75, 3.05) is 11.4 Å². The highest BCUT2D eigenvalue weighted by atomic mass is 32.2. The van der Waals surface area contributed by atoms with Crippen LogP contribution in [0, 0.1) is 0 Å². The number of rotatable bonds is 0. The fourth-order valence-electron chi connectivity index (χ4n) is 1.10. The highest BCUT2D eigenvalue weighted by Gasteiger charge is 2.28. The number of fused-ring (bicyclic) bond motifs is 1. The van der Waals surface area contributed by atoms with E-state index in [1.54, 1.807) is 0 Å². The van der Waals surface area contributed by atoms with E-state index in [4.69, 9.17) is 5.73 Å². The Balaban J connectivity index is 2.75. The number of hydrogen-bond acceptors (Lipinski definition) is 5. The second-order valence-electron chi connectivity index (χ2n) is 2.68. The van der Waals surface area contributed by atoms with E-state index in [0.717, 1.165) is 4.31 Å². The number of nitrogens with two attached hydrogens (primary N) is 1.